The number of rotatable bonds is 8. The number of hydrogen-bond donors (Lipinski definition) is 0. The molecule has 2 aliphatic carbocycles. The molecule has 4 aliphatic rings. The molecule has 7 nitrogen and oxygen atoms in total. The van der Waals surface area contributed by atoms with Gasteiger partial charge in [-0.25, -0.2) is 4.98 Å². The van der Waals surface area contributed by atoms with Crippen LogP contribution in [-0.2, 0) is 13.6 Å². The van der Waals surface area contributed by atoms with Gasteiger partial charge in [-0.1, -0.05) is 25.5 Å². The summed E-state index contributed by atoms with van der Waals surface area (Å²) in [5, 5.41) is 0. The first kappa shape index (κ1) is 28.3. The Hall–Kier alpha value is -1.79. The maximum absolute atomic E-state index is 14.0. The maximum atomic E-state index is 14.0. The number of fused-ring (bicyclic) bond motifs is 5. The third-order valence-corrected chi connectivity index (χ3v) is 11.7. The van der Waals surface area contributed by atoms with E-state index in [0.29, 0.717) is 23.8 Å². The van der Waals surface area contributed by atoms with Gasteiger partial charge in [0.2, 0.25) is 0 Å². The summed E-state index contributed by atoms with van der Waals surface area (Å²) in [5.41, 5.74) is 1.85. The topological polar surface area (TPSA) is 73.7 Å². The Morgan fingerprint density at radius 1 is 0.900 bits per heavy atom. The first-order chi connectivity index (χ1) is 19.4. The molecule has 0 N–H and O–H groups in total. The quantitative estimate of drug-likeness (QED) is 0.309. The minimum atomic E-state index is -3.44. The van der Waals surface area contributed by atoms with Crippen molar-refractivity contribution in [3.63, 3.8) is 0 Å². The summed E-state index contributed by atoms with van der Waals surface area (Å²) in [6.07, 6.45) is 14.3. The Morgan fingerprint density at radius 2 is 1.55 bits per heavy atom. The molecule has 2 saturated heterocycles. The van der Waals surface area contributed by atoms with Crippen molar-refractivity contribution in [1.82, 2.24) is 14.5 Å². The zero-order chi connectivity index (χ0) is 27.9. The van der Waals surface area contributed by atoms with E-state index in [0.717, 1.165) is 41.6 Å². The van der Waals surface area contributed by atoms with Crippen LogP contribution in [-0.4, -0.2) is 45.8 Å². The van der Waals surface area contributed by atoms with E-state index in [9.17, 15) is 9.36 Å². The number of aromatic nitrogens is 2. The van der Waals surface area contributed by atoms with Crippen LogP contribution in [0.25, 0.3) is 17.1 Å². The lowest BCUT2D eigenvalue weighted by atomic mass is 9.65. The molecule has 1 aromatic carbocycles. The van der Waals surface area contributed by atoms with Crippen molar-refractivity contribution in [2.45, 2.75) is 109 Å². The maximum Gasteiger partial charge on any atom is 0.354 e. The molecule has 0 spiro atoms. The SMILES string of the molecule is CCOP(=O)(/C=C/c1nc2ccccc2n(C2C[C@H]3CCC[C@@H](C2)N3C2C[C@H]3CC(C)C[C@@H](C2)C3)c1=O)OCC. The molecule has 4 bridgehead atoms. The summed E-state index contributed by atoms with van der Waals surface area (Å²) in [4.78, 5) is 21.7. The van der Waals surface area contributed by atoms with E-state index in [1.54, 1.807) is 19.9 Å². The molecule has 0 amide bonds. The van der Waals surface area contributed by atoms with E-state index < -0.39 is 7.60 Å². The van der Waals surface area contributed by atoms with Gasteiger partial charge in [-0.2, -0.15) is 0 Å². The van der Waals surface area contributed by atoms with Crippen molar-refractivity contribution in [1.29, 1.82) is 0 Å². The number of nitrogens with zero attached hydrogens (tertiary/aromatic N) is 3. The molecule has 2 saturated carbocycles. The van der Waals surface area contributed by atoms with Crippen LogP contribution in [0.15, 0.2) is 34.9 Å². The van der Waals surface area contributed by atoms with Crippen molar-refractivity contribution in [2.75, 3.05) is 13.2 Å². The number of hydrogen-bond acceptors (Lipinski definition) is 6. The van der Waals surface area contributed by atoms with E-state index in [2.05, 4.69) is 16.8 Å². The van der Waals surface area contributed by atoms with Gasteiger partial charge >= 0.3 is 7.60 Å². The van der Waals surface area contributed by atoms with Crippen LogP contribution >= 0.6 is 7.60 Å². The number of benzene rings is 1. The molecule has 0 radical (unpaired) electrons. The number of piperidine rings is 2. The minimum Gasteiger partial charge on any atom is -0.306 e. The van der Waals surface area contributed by atoms with Crippen molar-refractivity contribution >= 4 is 24.7 Å². The third kappa shape index (κ3) is 5.64. The summed E-state index contributed by atoms with van der Waals surface area (Å²) in [6, 6.07) is 9.85. The highest BCUT2D eigenvalue weighted by Crippen LogP contribution is 2.50. The van der Waals surface area contributed by atoms with Crippen molar-refractivity contribution in [3.8, 4) is 0 Å². The Balaban J connectivity index is 1.31. The van der Waals surface area contributed by atoms with E-state index in [4.69, 9.17) is 9.05 Å². The Kier molecular flexibility index (Phi) is 8.38. The van der Waals surface area contributed by atoms with E-state index in [1.807, 2.05) is 28.8 Å². The summed E-state index contributed by atoms with van der Waals surface area (Å²) >= 11 is 0. The summed E-state index contributed by atoms with van der Waals surface area (Å²) in [5.74, 6) is 4.09. The van der Waals surface area contributed by atoms with Crippen molar-refractivity contribution < 1.29 is 13.6 Å². The second-order valence-corrected chi connectivity index (χ2v) is 14.7. The minimum absolute atomic E-state index is 0.118. The monoisotopic (exact) mass is 567 g/mol. The predicted molar refractivity (Wildman–Crippen MR) is 160 cm³/mol. The van der Waals surface area contributed by atoms with Crippen LogP contribution in [0.1, 0.15) is 96.7 Å². The van der Waals surface area contributed by atoms with Crippen LogP contribution < -0.4 is 5.56 Å². The Morgan fingerprint density at radius 3 is 2.20 bits per heavy atom. The zero-order valence-corrected chi connectivity index (χ0v) is 25.3. The molecule has 2 aliphatic heterocycles. The van der Waals surface area contributed by atoms with Gasteiger partial charge in [0.25, 0.3) is 5.56 Å². The fourth-order valence-corrected chi connectivity index (χ4v) is 10.2. The third-order valence-electron chi connectivity index (χ3n) is 10.00. The van der Waals surface area contributed by atoms with E-state index in [-0.39, 0.29) is 24.8 Å². The van der Waals surface area contributed by atoms with Crippen LogP contribution in [0.5, 0.6) is 0 Å². The van der Waals surface area contributed by atoms with Gasteiger partial charge in [-0.3, -0.25) is 14.3 Å². The van der Waals surface area contributed by atoms with Crippen molar-refractivity contribution in [3.05, 3.63) is 46.1 Å². The molecule has 218 valence electrons. The van der Waals surface area contributed by atoms with E-state index >= 15 is 0 Å². The summed E-state index contributed by atoms with van der Waals surface area (Å²) < 4.78 is 25.9. The smallest absolute Gasteiger partial charge is 0.306 e. The molecule has 6 rings (SSSR count). The lowest BCUT2D eigenvalue weighted by Gasteiger charge is -2.55. The first-order valence-corrected chi connectivity index (χ1v) is 17.3. The molecule has 40 heavy (non-hydrogen) atoms. The molecule has 2 aromatic rings. The molecular formula is C32H46N3O4P. The standard InChI is InChI=1S/C32H46N3O4P/c1-4-38-40(37,39-5-2)14-13-30-32(36)35(31-12-7-6-11-29(31)33-30)28-20-25-9-8-10-26(21-28)34(25)27-18-23-15-22(3)16-24(17-23)19-27/h6-7,11-14,22-28H,4-5,8-10,15-21H2,1-3H3/b14-13+/t22?,23-,24+,25-,26+,27?,28?. The first-order valence-electron chi connectivity index (χ1n) is 15.7. The molecule has 8 heteroatoms. The second-order valence-electron chi connectivity index (χ2n) is 12.8. The second kappa shape index (κ2) is 11.8. The van der Waals surface area contributed by atoms with Gasteiger partial charge in [0.05, 0.1) is 24.2 Å². The fourth-order valence-electron chi connectivity index (χ4n) is 8.88. The largest absolute Gasteiger partial charge is 0.354 e. The van der Waals surface area contributed by atoms with Gasteiger partial charge in [-0.15, -0.1) is 0 Å². The zero-order valence-electron chi connectivity index (χ0n) is 24.4. The average molecular weight is 568 g/mol. The van der Waals surface area contributed by atoms with E-state index in [1.165, 1.54) is 57.2 Å². The molecule has 3 unspecified atom stereocenters. The highest BCUT2D eigenvalue weighted by molar-refractivity contribution is 7.57. The molecule has 3 heterocycles. The normalized spacial score (nSPS) is 33.0. The van der Waals surface area contributed by atoms with Crippen molar-refractivity contribution in [2.24, 2.45) is 17.8 Å². The van der Waals surface area contributed by atoms with Crippen LogP contribution in [0.2, 0.25) is 0 Å². The van der Waals surface area contributed by atoms with Crippen LogP contribution in [0, 0.1) is 17.8 Å². The average Bonchev–Trinajstić information content (AvgIpc) is 2.91. The van der Waals surface area contributed by atoms with Gasteiger partial charge in [0, 0.05) is 30.0 Å². The van der Waals surface area contributed by atoms with Gasteiger partial charge < -0.3 is 13.6 Å². The predicted octanol–water partition coefficient (Wildman–Crippen LogP) is 7.41. The fraction of sp³-hybridized carbons (Fsp3) is 0.688. The molecule has 7 atom stereocenters. The lowest BCUT2D eigenvalue weighted by molar-refractivity contribution is -0.0524. The highest BCUT2D eigenvalue weighted by atomic mass is 31.2. The highest BCUT2D eigenvalue weighted by Gasteiger charge is 2.46. The molecular weight excluding hydrogens is 521 g/mol. The number of para-hydroxylation sites is 2. The van der Waals surface area contributed by atoms with Gasteiger partial charge in [0.15, 0.2) is 0 Å². The lowest BCUT2D eigenvalue weighted by Crippen LogP contribution is -2.58. The molecule has 1 aromatic heterocycles. The van der Waals surface area contributed by atoms with Gasteiger partial charge in [0.1, 0.15) is 5.69 Å². The summed E-state index contributed by atoms with van der Waals surface area (Å²) in [6.45, 7) is 6.54. The van der Waals surface area contributed by atoms with Crippen LogP contribution in [0.4, 0.5) is 0 Å². The Bertz CT molecular complexity index is 1300. The Labute approximate surface area is 238 Å². The summed E-state index contributed by atoms with van der Waals surface area (Å²) in [7, 11) is -3.44. The van der Waals surface area contributed by atoms with Crippen LogP contribution in [0.3, 0.4) is 0 Å². The molecule has 4 fully saturated rings. The van der Waals surface area contributed by atoms with Gasteiger partial charge in [-0.05, 0) is 108 Å².